The molecule has 0 saturated carbocycles. The van der Waals surface area contributed by atoms with Crippen molar-refractivity contribution in [3.8, 4) is 11.1 Å². The van der Waals surface area contributed by atoms with Crippen LogP contribution in [0.3, 0.4) is 0 Å². The van der Waals surface area contributed by atoms with Crippen LogP contribution in [0.15, 0.2) is 116 Å². The van der Waals surface area contributed by atoms with Gasteiger partial charge in [-0.1, -0.05) is 42.0 Å². The van der Waals surface area contributed by atoms with Gasteiger partial charge in [0.2, 0.25) is 0 Å². The van der Waals surface area contributed by atoms with Crippen molar-refractivity contribution in [2.24, 2.45) is 0 Å². The van der Waals surface area contributed by atoms with Crippen molar-refractivity contribution in [1.82, 2.24) is 0 Å². The zero-order valence-corrected chi connectivity index (χ0v) is 24.5. The number of hydrogen-bond acceptors (Lipinski definition) is 7. The van der Waals surface area contributed by atoms with Crippen LogP contribution in [0, 0.1) is 13.8 Å². The predicted octanol–water partition coefficient (Wildman–Crippen LogP) is 5.73. The van der Waals surface area contributed by atoms with E-state index in [1.165, 1.54) is 42.5 Å². The summed E-state index contributed by atoms with van der Waals surface area (Å²) in [5, 5.41) is 0.364. The molecular formula is C31H28N2O6S2. The van der Waals surface area contributed by atoms with Gasteiger partial charge in [0.25, 0.3) is 20.0 Å². The van der Waals surface area contributed by atoms with Crippen LogP contribution in [-0.4, -0.2) is 30.9 Å². The lowest BCUT2D eigenvalue weighted by molar-refractivity contribution is 0.563. The SMILES string of the molecule is Cc1ccc(S(=O)(=O)N(c2ccc3oc(=O)c(-c4ccccc4C)cc3c2)S(=O)(=O)c2ccc(N(C)C)cc2)cc1. The van der Waals surface area contributed by atoms with Crippen molar-refractivity contribution >= 4 is 42.4 Å². The van der Waals surface area contributed by atoms with Gasteiger partial charge in [-0.2, -0.15) is 3.71 Å². The molecule has 41 heavy (non-hydrogen) atoms. The van der Waals surface area contributed by atoms with Crippen LogP contribution in [-0.2, 0) is 20.0 Å². The van der Waals surface area contributed by atoms with Crippen LogP contribution < -0.4 is 14.2 Å². The molecule has 0 amide bonds. The van der Waals surface area contributed by atoms with E-state index in [4.69, 9.17) is 4.42 Å². The minimum absolute atomic E-state index is 0.126. The number of anilines is 2. The molecule has 0 bridgehead atoms. The largest absolute Gasteiger partial charge is 0.422 e. The van der Waals surface area contributed by atoms with E-state index in [1.54, 1.807) is 54.3 Å². The Kier molecular flexibility index (Phi) is 7.23. The average molecular weight is 589 g/mol. The van der Waals surface area contributed by atoms with E-state index >= 15 is 0 Å². The molecule has 0 aliphatic carbocycles. The zero-order valence-electron chi connectivity index (χ0n) is 22.9. The van der Waals surface area contributed by atoms with Gasteiger partial charge in [0.05, 0.1) is 21.0 Å². The van der Waals surface area contributed by atoms with Gasteiger partial charge >= 0.3 is 5.63 Å². The highest BCUT2D eigenvalue weighted by molar-refractivity contribution is 8.10. The molecule has 5 aromatic rings. The van der Waals surface area contributed by atoms with Gasteiger partial charge < -0.3 is 9.32 Å². The van der Waals surface area contributed by atoms with Crippen LogP contribution >= 0.6 is 0 Å². The van der Waals surface area contributed by atoms with Crippen molar-refractivity contribution in [2.45, 2.75) is 23.6 Å². The highest BCUT2D eigenvalue weighted by atomic mass is 32.3. The fraction of sp³-hybridized carbons (Fsp3) is 0.129. The predicted molar refractivity (Wildman–Crippen MR) is 161 cm³/mol. The zero-order chi connectivity index (χ0) is 29.5. The van der Waals surface area contributed by atoms with Gasteiger partial charge in [-0.05, 0) is 85.6 Å². The van der Waals surface area contributed by atoms with E-state index in [0.717, 1.165) is 16.8 Å². The van der Waals surface area contributed by atoms with Crippen molar-refractivity contribution in [3.05, 3.63) is 119 Å². The first-order valence-electron chi connectivity index (χ1n) is 12.7. The fourth-order valence-electron chi connectivity index (χ4n) is 4.51. The van der Waals surface area contributed by atoms with E-state index in [0.29, 0.717) is 14.7 Å². The number of fused-ring (bicyclic) bond motifs is 1. The second-order valence-electron chi connectivity index (χ2n) is 9.89. The van der Waals surface area contributed by atoms with Gasteiger partial charge in [-0.3, -0.25) is 0 Å². The molecule has 210 valence electrons. The van der Waals surface area contributed by atoms with Crippen LogP contribution in [0.2, 0.25) is 0 Å². The topological polar surface area (TPSA) is 105 Å². The van der Waals surface area contributed by atoms with E-state index in [1.807, 2.05) is 33.2 Å². The monoisotopic (exact) mass is 588 g/mol. The van der Waals surface area contributed by atoms with Crippen molar-refractivity contribution in [3.63, 3.8) is 0 Å². The molecule has 5 rings (SSSR count). The van der Waals surface area contributed by atoms with Gasteiger partial charge in [0.1, 0.15) is 5.58 Å². The number of rotatable bonds is 7. The van der Waals surface area contributed by atoms with E-state index < -0.39 is 25.7 Å². The minimum Gasteiger partial charge on any atom is -0.422 e. The highest BCUT2D eigenvalue weighted by Gasteiger charge is 2.37. The molecular weight excluding hydrogens is 560 g/mol. The van der Waals surface area contributed by atoms with Crippen molar-refractivity contribution < 1.29 is 21.3 Å². The van der Waals surface area contributed by atoms with Gasteiger partial charge in [0.15, 0.2) is 0 Å². The third kappa shape index (κ3) is 5.23. The summed E-state index contributed by atoms with van der Waals surface area (Å²) in [5.74, 6) is 0. The molecule has 0 N–H and O–H groups in total. The van der Waals surface area contributed by atoms with Crippen LogP contribution in [0.25, 0.3) is 22.1 Å². The number of aryl methyl sites for hydroxylation is 2. The van der Waals surface area contributed by atoms with Crippen LogP contribution in [0.5, 0.6) is 0 Å². The molecule has 0 atom stereocenters. The van der Waals surface area contributed by atoms with E-state index in [-0.39, 0.29) is 26.6 Å². The first-order valence-corrected chi connectivity index (χ1v) is 15.6. The van der Waals surface area contributed by atoms with Gasteiger partial charge in [0, 0.05) is 25.2 Å². The Balaban J connectivity index is 1.74. The Bertz CT molecular complexity index is 2030. The van der Waals surface area contributed by atoms with Crippen molar-refractivity contribution in [2.75, 3.05) is 22.7 Å². The molecule has 10 heteroatoms. The first kappa shape index (κ1) is 28.1. The molecule has 0 unspecified atom stereocenters. The highest BCUT2D eigenvalue weighted by Crippen LogP contribution is 2.34. The standard InChI is InChI=1S/C31H28N2O6S2/c1-21-9-14-26(15-10-21)40(35,36)33(41(37,38)27-16-11-24(12-17-27)32(3)4)25-13-18-30-23(19-25)20-29(31(34)39-30)28-8-6-5-7-22(28)2/h5-20H,1-4H3. The summed E-state index contributed by atoms with van der Waals surface area (Å²) in [6.07, 6.45) is 0. The van der Waals surface area contributed by atoms with Crippen molar-refractivity contribution in [1.29, 1.82) is 0 Å². The number of hydrogen-bond donors (Lipinski definition) is 0. The smallest absolute Gasteiger partial charge is 0.344 e. The fourth-order valence-corrected chi connectivity index (χ4v) is 8.19. The number of benzene rings is 4. The molecule has 0 aliphatic rings. The third-order valence-electron chi connectivity index (χ3n) is 6.77. The van der Waals surface area contributed by atoms with Crippen LogP contribution in [0.4, 0.5) is 11.4 Å². The van der Waals surface area contributed by atoms with E-state index in [9.17, 15) is 21.6 Å². The Morgan fingerprint density at radius 3 is 1.78 bits per heavy atom. The summed E-state index contributed by atoms with van der Waals surface area (Å²) in [6, 6.07) is 24.9. The Hall–Kier alpha value is -4.41. The average Bonchev–Trinajstić information content (AvgIpc) is 2.93. The Morgan fingerprint density at radius 1 is 0.634 bits per heavy atom. The maximum absolute atomic E-state index is 14.1. The molecule has 8 nitrogen and oxygen atoms in total. The molecule has 0 aliphatic heterocycles. The summed E-state index contributed by atoms with van der Waals surface area (Å²) < 4.78 is 62.2. The summed E-state index contributed by atoms with van der Waals surface area (Å²) >= 11 is 0. The third-order valence-corrected chi connectivity index (χ3v) is 11.0. The molecule has 0 fully saturated rings. The van der Waals surface area contributed by atoms with Gasteiger partial charge in [-0.15, -0.1) is 0 Å². The quantitative estimate of drug-likeness (QED) is 0.224. The Labute approximate surface area is 239 Å². The Morgan fingerprint density at radius 2 is 1.20 bits per heavy atom. The maximum atomic E-state index is 14.1. The second-order valence-corrected chi connectivity index (χ2v) is 13.7. The molecule has 1 heterocycles. The lowest BCUT2D eigenvalue weighted by Crippen LogP contribution is -2.37. The van der Waals surface area contributed by atoms with Crippen LogP contribution in [0.1, 0.15) is 11.1 Å². The first-order chi connectivity index (χ1) is 19.4. The summed E-state index contributed by atoms with van der Waals surface area (Å²) in [4.78, 5) is 14.3. The summed E-state index contributed by atoms with van der Waals surface area (Å²) in [7, 11) is -5.60. The summed E-state index contributed by atoms with van der Waals surface area (Å²) in [5.41, 5.74) is 2.87. The second kappa shape index (κ2) is 10.5. The molecule has 0 saturated heterocycles. The lowest BCUT2D eigenvalue weighted by atomic mass is 10.0. The molecule has 0 radical (unpaired) electrons. The van der Waals surface area contributed by atoms with E-state index in [2.05, 4.69) is 0 Å². The minimum atomic E-state index is -4.62. The lowest BCUT2D eigenvalue weighted by Gasteiger charge is -2.25. The molecule has 0 spiro atoms. The molecule has 1 aromatic heterocycles. The molecule has 4 aromatic carbocycles. The normalized spacial score (nSPS) is 11.9. The number of sulfonamides is 2. The van der Waals surface area contributed by atoms with Gasteiger partial charge in [-0.25, -0.2) is 21.6 Å². The maximum Gasteiger partial charge on any atom is 0.344 e. The number of nitrogens with zero attached hydrogens (tertiary/aromatic N) is 2. The summed E-state index contributed by atoms with van der Waals surface area (Å²) in [6.45, 7) is 3.67.